The van der Waals surface area contributed by atoms with Crippen LogP contribution < -0.4 is 10.1 Å². The van der Waals surface area contributed by atoms with Crippen LogP contribution in [0.5, 0.6) is 5.75 Å². The minimum atomic E-state index is -0.213. The third-order valence-electron chi connectivity index (χ3n) is 2.69. The Bertz CT molecular complexity index is 566. The van der Waals surface area contributed by atoms with Crippen molar-refractivity contribution in [2.45, 2.75) is 6.42 Å². The Morgan fingerprint density at radius 2 is 2.15 bits per heavy atom. The zero-order chi connectivity index (χ0) is 14.4. The monoisotopic (exact) mass is 292 g/mol. The highest BCUT2D eigenvalue weighted by Gasteiger charge is 2.11. The van der Waals surface area contributed by atoms with E-state index in [9.17, 15) is 4.79 Å². The first-order valence-corrected chi connectivity index (χ1v) is 7.11. The minimum absolute atomic E-state index is 0.0639. The van der Waals surface area contributed by atoms with Crippen molar-refractivity contribution in [3.8, 4) is 16.3 Å². The summed E-state index contributed by atoms with van der Waals surface area (Å²) in [6.45, 7) is 0.513. The molecule has 0 saturated heterocycles. The molecule has 2 aromatic rings. The molecule has 2 rings (SSSR count). The topological polar surface area (TPSA) is 71.5 Å². The van der Waals surface area contributed by atoms with Gasteiger partial charge in [0.1, 0.15) is 16.5 Å². The molecule has 0 aliphatic heterocycles. The Hall–Kier alpha value is -1.92. The maximum absolute atomic E-state index is 11.8. The van der Waals surface area contributed by atoms with E-state index in [4.69, 9.17) is 9.84 Å². The quantitative estimate of drug-likeness (QED) is 0.798. The normalized spacial score (nSPS) is 10.3. The third kappa shape index (κ3) is 3.55. The molecule has 0 saturated carbocycles. The number of aliphatic hydroxyl groups is 1. The van der Waals surface area contributed by atoms with Gasteiger partial charge in [-0.15, -0.1) is 11.3 Å². The average molecular weight is 292 g/mol. The molecule has 1 heterocycles. The number of ether oxygens (including phenoxy) is 1. The number of thiazole rings is 1. The van der Waals surface area contributed by atoms with Gasteiger partial charge in [0.15, 0.2) is 0 Å². The summed E-state index contributed by atoms with van der Waals surface area (Å²) in [7, 11) is 1.62. The fourth-order valence-electron chi connectivity index (χ4n) is 1.62. The number of nitrogens with zero attached hydrogens (tertiary/aromatic N) is 1. The van der Waals surface area contributed by atoms with Gasteiger partial charge in [-0.05, 0) is 30.7 Å². The second kappa shape index (κ2) is 7.02. The zero-order valence-electron chi connectivity index (χ0n) is 11.1. The maximum Gasteiger partial charge on any atom is 0.270 e. The third-order valence-corrected chi connectivity index (χ3v) is 3.59. The number of carbonyl (C=O) groups is 1. The number of carbonyl (C=O) groups excluding carboxylic acids is 1. The number of methoxy groups -OCH3 is 1. The number of nitrogens with one attached hydrogen (secondary N) is 1. The molecule has 1 aromatic heterocycles. The van der Waals surface area contributed by atoms with Gasteiger partial charge in [-0.1, -0.05) is 0 Å². The lowest BCUT2D eigenvalue weighted by molar-refractivity contribution is 0.0947. The van der Waals surface area contributed by atoms with Gasteiger partial charge in [0.25, 0.3) is 5.91 Å². The van der Waals surface area contributed by atoms with Crippen molar-refractivity contribution < 1.29 is 14.6 Å². The van der Waals surface area contributed by atoms with Gasteiger partial charge >= 0.3 is 0 Å². The van der Waals surface area contributed by atoms with Crippen LogP contribution in [-0.2, 0) is 0 Å². The highest BCUT2D eigenvalue weighted by Crippen LogP contribution is 2.25. The second-order valence-electron chi connectivity index (χ2n) is 4.10. The Balaban J connectivity index is 2.05. The number of hydrogen-bond donors (Lipinski definition) is 2. The lowest BCUT2D eigenvalue weighted by Crippen LogP contribution is -2.25. The van der Waals surface area contributed by atoms with Crippen LogP contribution in [0.3, 0.4) is 0 Å². The predicted molar refractivity (Wildman–Crippen MR) is 78.1 cm³/mol. The Morgan fingerprint density at radius 1 is 1.40 bits per heavy atom. The van der Waals surface area contributed by atoms with Crippen molar-refractivity contribution in [2.75, 3.05) is 20.3 Å². The molecule has 1 amide bonds. The van der Waals surface area contributed by atoms with Crippen molar-refractivity contribution in [3.05, 3.63) is 35.3 Å². The van der Waals surface area contributed by atoms with E-state index in [0.29, 0.717) is 18.7 Å². The van der Waals surface area contributed by atoms with Crippen molar-refractivity contribution in [1.82, 2.24) is 10.3 Å². The minimum Gasteiger partial charge on any atom is -0.497 e. The van der Waals surface area contributed by atoms with E-state index in [1.54, 1.807) is 12.5 Å². The molecule has 20 heavy (non-hydrogen) atoms. The number of rotatable bonds is 6. The van der Waals surface area contributed by atoms with Crippen LogP contribution in [0.1, 0.15) is 16.9 Å². The molecule has 0 spiro atoms. The van der Waals surface area contributed by atoms with Crippen molar-refractivity contribution in [3.63, 3.8) is 0 Å². The summed E-state index contributed by atoms with van der Waals surface area (Å²) in [5.41, 5.74) is 1.35. The second-order valence-corrected chi connectivity index (χ2v) is 4.96. The molecule has 1 aromatic carbocycles. The SMILES string of the molecule is COc1ccc(-c2nc(C(=O)NCCCO)cs2)cc1. The van der Waals surface area contributed by atoms with Gasteiger partial charge in [0.05, 0.1) is 7.11 Å². The Labute approximate surface area is 121 Å². The van der Waals surface area contributed by atoms with E-state index in [-0.39, 0.29) is 12.5 Å². The molecule has 2 N–H and O–H groups in total. The summed E-state index contributed by atoms with van der Waals surface area (Å²) in [5, 5.41) is 13.9. The molecule has 0 bridgehead atoms. The van der Waals surface area contributed by atoms with Gasteiger partial charge in [0, 0.05) is 24.1 Å². The highest BCUT2D eigenvalue weighted by molar-refractivity contribution is 7.13. The van der Waals surface area contributed by atoms with E-state index >= 15 is 0 Å². The maximum atomic E-state index is 11.8. The molecule has 106 valence electrons. The van der Waals surface area contributed by atoms with Crippen LogP contribution in [0.25, 0.3) is 10.6 Å². The summed E-state index contributed by atoms with van der Waals surface area (Å²) >= 11 is 1.42. The average Bonchev–Trinajstić information content (AvgIpc) is 2.97. The summed E-state index contributed by atoms with van der Waals surface area (Å²) < 4.78 is 5.10. The van der Waals surface area contributed by atoms with Gasteiger partial charge in [-0.2, -0.15) is 0 Å². The number of hydrogen-bond acceptors (Lipinski definition) is 5. The predicted octanol–water partition coefficient (Wildman–Crippen LogP) is 1.93. The standard InChI is InChI=1S/C14H16N2O3S/c1-19-11-5-3-10(4-6-11)14-16-12(9-20-14)13(18)15-7-2-8-17/h3-6,9,17H,2,7-8H2,1H3,(H,15,18). The van der Waals surface area contributed by atoms with Gasteiger partial charge in [-0.3, -0.25) is 4.79 Å². The number of benzene rings is 1. The van der Waals surface area contributed by atoms with Crippen molar-refractivity contribution in [1.29, 1.82) is 0 Å². The number of amides is 1. The fourth-order valence-corrected chi connectivity index (χ4v) is 2.42. The number of aliphatic hydroxyl groups excluding tert-OH is 1. The van der Waals surface area contributed by atoms with Crippen LogP contribution >= 0.6 is 11.3 Å². The van der Waals surface area contributed by atoms with Crippen molar-refractivity contribution >= 4 is 17.2 Å². The molecule has 0 aliphatic carbocycles. The van der Waals surface area contributed by atoms with E-state index in [1.165, 1.54) is 11.3 Å². The van der Waals surface area contributed by atoms with E-state index < -0.39 is 0 Å². The van der Waals surface area contributed by atoms with Crippen molar-refractivity contribution in [2.24, 2.45) is 0 Å². The molecule has 5 nitrogen and oxygen atoms in total. The van der Waals surface area contributed by atoms with Crippen LogP contribution in [0.15, 0.2) is 29.6 Å². The molecule has 0 fully saturated rings. The first kappa shape index (κ1) is 14.5. The van der Waals surface area contributed by atoms with Crippen LogP contribution in [0, 0.1) is 0 Å². The van der Waals surface area contributed by atoms with Crippen LogP contribution in [-0.4, -0.2) is 36.3 Å². The van der Waals surface area contributed by atoms with E-state index in [1.807, 2.05) is 24.3 Å². The first-order chi connectivity index (χ1) is 9.74. The van der Waals surface area contributed by atoms with Gasteiger partial charge in [-0.25, -0.2) is 4.98 Å². The van der Waals surface area contributed by atoms with E-state index in [0.717, 1.165) is 16.3 Å². The van der Waals surface area contributed by atoms with Crippen LogP contribution in [0.2, 0.25) is 0 Å². The summed E-state index contributed by atoms with van der Waals surface area (Å²) in [4.78, 5) is 16.1. The molecule has 0 aliphatic rings. The number of aromatic nitrogens is 1. The fraction of sp³-hybridized carbons (Fsp3) is 0.286. The smallest absolute Gasteiger partial charge is 0.270 e. The molecule has 0 radical (unpaired) electrons. The molecular formula is C14H16N2O3S. The summed E-state index contributed by atoms with van der Waals surface area (Å²) in [5.74, 6) is 0.571. The molecule has 6 heteroatoms. The summed E-state index contributed by atoms with van der Waals surface area (Å²) in [6, 6.07) is 7.53. The zero-order valence-corrected chi connectivity index (χ0v) is 11.9. The van der Waals surface area contributed by atoms with Crippen LogP contribution in [0.4, 0.5) is 0 Å². The Kier molecular flexibility index (Phi) is 5.09. The van der Waals surface area contributed by atoms with Gasteiger partial charge < -0.3 is 15.2 Å². The lowest BCUT2D eigenvalue weighted by Gasteiger charge is -2.01. The van der Waals surface area contributed by atoms with E-state index in [2.05, 4.69) is 10.3 Å². The largest absolute Gasteiger partial charge is 0.497 e. The summed E-state index contributed by atoms with van der Waals surface area (Å²) in [6.07, 6.45) is 0.543. The highest BCUT2D eigenvalue weighted by atomic mass is 32.1. The molecule has 0 atom stereocenters. The molecular weight excluding hydrogens is 276 g/mol. The van der Waals surface area contributed by atoms with Gasteiger partial charge in [0.2, 0.25) is 0 Å². The molecule has 0 unspecified atom stereocenters. The lowest BCUT2D eigenvalue weighted by atomic mass is 10.2. The first-order valence-electron chi connectivity index (χ1n) is 6.23. The Morgan fingerprint density at radius 3 is 2.80 bits per heavy atom.